The zero-order valence-corrected chi connectivity index (χ0v) is 23.2. The summed E-state index contributed by atoms with van der Waals surface area (Å²) < 4.78 is 7.81. The predicted octanol–water partition coefficient (Wildman–Crippen LogP) is 3.11. The van der Waals surface area contributed by atoms with Crippen LogP contribution >= 0.6 is 0 Å². The summed E-state index contributed by atoms with van der Waals surface area (Å²) in [4.78, 5) is 33.0. The van der Waals surface area contributed by atoms with E-state index in [0.29, 0.717) is 49.8 Å². The van der Waals surface area contributed by atoms with Crippen molar-refractivity contribution in [2.24, 2.45) is 0 Å². The van der Waals surface area contributed by atoms with Crippen molar-refractivity contribution in [1.82, 2.24) is 29.7 Å². The fourth-order valence-electron chi connectivity index (χ4n) is 6.03. The Morgan fingerprint density at radius 1 is 1.10 bits per heavy atom. The van der Waals surface area contributed by atoms with E-state index in [1.807, 2.05) is 25.1 Å². The number of benzene rings is 2. The summed E-state index contributed by atoms with van der Waals surface area (Å²) in [7, 11) is 2.10. The quantitative estimate of drug-likeness (QED) is 0.396. The van der Waals surface area contributed by atoms with Crippen LogP contribution in [-0.2, 0) is 0 Å². The van der Waals surface area contributed by atoms with Crippen molar-refractivity contribution in [3.63, 3.8) is 0 Å². The summed E-state index contributed by atoms with van der Waals surface area (Å²) in [5.74, 6) is 1.13. The van der Waals surface area contributed by atoms with Gasteiger partial charge in [-0.25, -0.2) is 4.98 Å². The van der Waals surface area contributed by atoms with E-state index in [-0.39, 0.29) is 29.2 Å². The molecule has 0 aliphatic carbocycles. The van der Waals surface area contributed by atoms with Gasteiger partial charge in [0.25, 0.3) is 5.56 Å². The van der Waals surface area contributed by atoms with Crippen molar-refractivity contribution < 1.29 is 4.74 Å². The largest absolute Gasteiger partial charge is 0.462 e. The zero-order chi connectivity index (χ0) is 27.8. The first kappa shape index (κ1) is 26.2. The van der Waals surface area contributed by atoms with Gasteiger partial charge >= 0.3 is 6.01 Å². The maximum Gasteiger partial charge on any atom is 0.319 e. The van der Waals surface area contributed by atoms with Gasteiger partial charge in [-0.1, -0.05) is 30.3 Å². The number of piperazine rings is 1. The first-order valence-corrected chi connectivity index (χ1v) is 13.9. The number of hydrogen-bond donors (Lipinski definition) is 1. The predicted molar refractivity (Wildman–Crippen MR) is 155 cm³/mol. The molecule has 0 radical (unpaired) electrons. The lowest BCUT2D eigenvalue weighted by atomic mass is 10.0. The van der Waals surface area contributed by atoms with E-state index in [1.165, 1.54) is 0 Å². The number of fused-ring (bicyclic) bond motifs is 2. The number of nitriles is 1. The summed E-state index contributed by atoms with van der Waals surface area (Å²) in [5.41, 5.74) is 2.29. The highest BCUT2D eigenvalue weighted by molar-refractivity contribution is 5.93. The summed E-state index contributed by atoms with van der Waals surface area (Å²) in [6, 6.07) is 14.8. The molecule has 2 aromatic carbocycles. The SMILES string of the molecule is Cc1cccc2cccc(-n3c(C)nc4c(N5CCN[C@@H](CC#N)C5)nc(OC[C@@H]5CCCN5C)nc4c3=O)c12. The van der Waals surface area contributed by atoms with Crippen molar-refractivity contribution in [3.8, 4) is 17.8 Å². The van der Waals surface area contributed by atoms with Gasteiger partial charge in [0.2, 0.25) is 0 Å². The fourth-order valence-corrected chi connectivity index (χ4v) is 6.03. The van der Waals surface area contributed by atoms with Gasteiger partial charge < -0.3 is 19.9 Å². The molecule has 0 saturated carbocycles. The molecule has 0 spiro atoms. The minimum absolute atomic E-state index is 0.000368. The second-order valence-electron chi connectivity index (χ2n) is 10.8. The lowest BCUT2D eigenvalue weighted by Gasteiger charge is -2.34. The van der Waals surface area contributed by atoms with Gasteiger partial charge in [-0.05, 0) is 57.3 Å². The third-order valence-electron chi connectivity index (χ3n) is 8.15. The van der Waals surface area contributed by atoms with E-state index in [1.54, 1.807) is 4.57 Å². The molecule has 206 valence electrons. The number of ether oxygens (including phenoxy) is 1. The molecule has 2 saturated heterocycles. The van der Waals surface area contributed by atoms with Crippen molar-refractivity contribution in [1.29, 1.82) is 5.26 Å². The molecule has 1 N–H and O–H groups in total. The zero-order valence-electron chi connectivity index (χ0n) is 23.2. The highest BCUT2D eigenvalue weighted by atomic mass is 16.5. The standard InChI is InChI=1S/C30H34N8O2/c1-19-7-4-8-21-9-5-11-24(25(19)21)38-20(2)33-26-27(29(38)39)34-30(40-18-23-10-6-15-36(23)3)35-28(26)37-16-14-32-22(17-37)12-13-31/h4-5,7-9,11,22-23,32H,6,10,12,14-18H2,1-3H3/t22-,23-/m0/s1. The lowest BCUT2D eigenvalue weighted by Crippen LogP contribution is -2.51. The van der Waals surface area contributed by atoms with Gasteiger partial charge in [0.1, 0.15) is 17.9 Å². The van der Waals surface area contributed by atoms with Crippen LogP contribution in [-0.4, -0.2) is 76.3 Å². The number of aromatic nitrogens is 4. The third kappa shape index (κ3) is 4.76. The van der Waals surface area contributed by atoms with Crippen LogP contribution < -0.4 is 20.5 Å². The summed E-state index contributed by atoms with van der Waals surface area (Å²) >= 11 is 0. The van der Waals surface area contributed by atoms with Crippen LogP contribution in [0.2, 0.25) is 0 Å². The summed E-state index contributed by atoms with van der Waals surface area (Å²) in [6.07, 6.45) is 2.57. The van der Waals surface area contributed by atoms with E-state index >= 15 is 0 Å². The van der Waals surface area contributed by atoms with Crippen molar-refractivity contribution in [2.45, 2.75) is 45.2 Å². The normalized spacial score (nSPS) is 19.8. The van der Waals surface area contributed by atoms with Crippen LogP contribution in [0.5, 0.6) is 6.01 Å². The number of rotatable bonds is 6. The second-order valence-corrected chi connectivity index (χ2v) is 10.8. The highest BCUT2D eigenvalue weighted by Crippen LogP contribution is 2.29. The maximum absolute atomic E-state index is 14.3. The van der Waals surface area contributed by atoms with Gasteiger partial charge in [-0.3, -0.25) is 9.36 Å². The number of aryl methyl sites for hydroxylation is 2. The van der Waals surface area contributed by atoms with E-state index in [4.69, 9.17) is 14.7 Å². The Balaban J connectivity index is 1.51. The van der Waals surface area contributed by atoms with Crippen LogP contribution in [0, 0.1) is 25.2 Å². The Kier molecular flexibility index (Phi) is 7.09. The maximum atomic E-state index is 14.3. The number of nitrogens with one attached hydrogen (secondary N) is 1. The molecule has 10 nitrogen and oxygen atoms in total. The highest BCUT2D eigenvalue weighted by Gasteiger charge is 2.27. The molecule has 0 unspecified atom stereocenters. The lowest BCUT2D eigenvalue weighted by molar-refractivity contribution is 0.188. The topological polar surface area (TPSA) is 112 Å². The minimum Gasteiger partial charge on any atom is -0.462 e. The molecule has 0 amide bonds. The number of likely N-dealkylation sites (N-methyl/N-ethyl adjacent to an activating group) is 1. The summed E-state index contributed by atoms with van der Waals surface area (Å²) in [6.45, 7) is 7.34. The molecule has 2 aliphatic rings. The van der Waals surface area contributed by atoms with Crippen molar-refractivity contribution >= 4 is 27.6 Å². The molecule has 2 atom stereocenters. The second kappa shape index (κ2) is 10.8. The van der Waals surface area contributed by atoms with Crippen LogP contribution in [0.1, 0.15) is 30.7 Å². The molecule has 6 rings (SSSR count). The van der Waals surface area contributed by atoms with E-state index in [0.717, 1.165) is 41.4 Å². The monoisotopic (exact) mass is 538 g/mol. The molecular formula is C30H34N8O2. The van der Waals surface area contributed by atoms with Crippen molar-refractivity contribution in [3.05, 3.63) is 58.1 Å². The van der Waals surface area contributed by atoms with Gasteiger partial charge in [-0.15, -0.1) is 0 Å². The number of nitrogens with zero attached hydrogens (tertiary/aromatic N) is 7. The van der Waals surface area contributed by atoms with Gasteiger partial charge in [-0.2, -0.15) is 15.2 Å². The number of anilines is 1. The Morgan fingerprint density at radius 3 is 2.70 bits per heavy atom. The van der Waals surface area contributed by atoms with Crippen molar-refractivity contribution in [2.75, 3.05) is 44.7 Å². The average molecular weight is 539 g/mol. The molecule has 2 aromatic heterocycles. The Morgan fingerprint density at radius 2 is 1.93 bits per heavy atom. The van der Waals surface area contributed by atoms with Crippen LogP contribution in [0.3, 0.4) is 0 Å². The Labute approximate surface area is 233 Å². The molecule has 40 heavy (non-hydrogen) atoms. The van der Waals surface area contributed by atoms with Crippen LogP contribution in [0.4, 0.5) is 5.82 Å². The van der Waals surface area contributed by atoms with E-state index in [2.05, 4.69) is 58.3 Å². The minimum atomic E-state index is -0.256. The molecule has 2 fully saturated rings. The van der Waals surface area contributed by atoms with Gasteiger partial charge in [0.05, 0.1) is 18.2 Å². The smallest absolute Gasteiger partial charge is 0.319 e. The molecule has 4 aromatic rings. The molecule has 4 heterocycles. The molecule has 0 bridgehead atoms. The number of hydrogen-bond acceptors (Lipinski definition) is 9. The molecule has 2 aliphatic heterocycles. The van der Waals surface area contributed by atoms with Crippen LogP contribution in [0.25, 0.3) is 27.5 Å². The summed E-state index contributed by atoms with van der Waals surface area (Å²) in [5, 5.41) is 14.7. The average Bonchev–Trinajstić information content (AvgIpc) is 3.37. The first-order valence-electron chi connectivity index (χ1n) is 13.9. The number of likely N-dealkylation sites (tertiary alicyclic amines) is 1. The van der Waals surface area contributed by atoms with E-state index in [9.17, 15) is 10.1 Å². The van der Waals surface area contributed by atoms with Crippen LogP contribution in [0.15, 0.2) is 41.2 Å². The van der Waals surface area contributed by atoms with E-state index < -0.39 is 0 Å². The van der Waals surface area contributed by atoms with Gasteiger partial charge in [0.15, 0.2) is 11.3 Å². The fraction of sp³-hybridized carbons (Fsp3) is 0.433. The third-order valence-corrected chi connectivity index (χ3v) is 8.15. The first-order chi connectivity index (χ1) is 19.4. The Bertz CT molecular complexity index is 1670. The molecular weight excluding hydrogens is 504 g/mol. The molecule has 10 heteroatoms. The Hall–Kier alpha value is -4.07. The van der Waals surface area contributed by atoms with Gasteiger partial charge in [0, 0.05) is 37.1 Å².